The zero-order valence-electron chi connectivity index (χ0n) is 11.3. The molecule has 0 saturated carbocycles. The van der Waals surface area contributed by atoms with E-state index in [-0.39, 0.29) is 11.9 Å². The molecule has 18 heavy (non-hydrogen) atoms. The number of hydrogen-bond acceptors (Lipinski definition) is 2. The number of nitrogens with one attached hydrogen (secondary N) is 1. The van der Waals surface area contributed by atoms with Crippen molar-refractivity contribution in [3.8, 4) is 0 Å². The summed E-state index contributed by atoms with van der Waals surface area (Å²) in [6, 6.07) is 7.67. The molecular weight excluding hydrogens is 227 g/mol. The van der Waals surface area contributed by atoms with Gasteiger partial charge < -0.3 is 10.2 Å². The van der Waals surface area contributed by atoms with E-state index in [1.807, 2.05) is 6.07 Å². The van der Waals surface area contributed by atoms with Crippen molar-refractivity contribution in [3.05, 3.63) is 35.6 Å². The Morgan fingerprint density at radius 1 is 1.39 bits per heavy atom. The Morgan fingerprint density at radius 2 is 2.11 bits per heavy atom. The molecule has 1 atom stereocenters. The normalized spacial score (nSPS) is 19.9. The minimum Gasteiger partial charge on any atom is -0.307 e. The second kappa shape index (κ2) is 6.30. The molecule has 1 aliphatic rings. The summed E-state index contributed by atoms with van der Waals surface area (Å²) in [5.74, 6) is -0.151. The Balaban J connectivity index is 1.86. The van der Waals surface area contributed by atoms with Gasteiger partial charge in [0.25, 0.3) is 0 Å². The van der Waals surface area contributed by atoms with Crippen LogP contribution in [0.1, 0.15) is 38.3 Å². The third kappa shape index (κ3) is 3.53. The van der Waals surface area contributed by atoms with E-state index in [4.69, 9.17) is 0 Å². The molecule has 0 aliphatic carbocycles. The predicted octanol–water partition coefficient (Wildman–Crippen LogP) is 2.96. The van der Waals surface area contributed by atoms with E-state index in [0.717, 1.165) is 12.1 Å². The number of piperidine rings is 1. The Morgan fingerprint density at radius 3 is 2.72 bits per heavy atom. The number of hydrogen-bond donors (Lipinski definition) is 1. The summed E-state index contributed by atoms with van der Waals surface area (Å²) in [6.07, 6.45) is 2.38. The second-order valence-electron chi connectivity index (χ2n) is 5.15. The van der Waals surface area contributed by atoms with Crippen molar-refractivity contribution in [2.75, 3.05) is 19.6 Å². The van der Waals surface area contributed by atoms with E-state index in [0.29, 0.717) is 6.04 Å². The van der Waals surface area contributed by atoms with Crippen molar-refractivity contribution in [2.45, 2.75) is 38.8 Å². The smallest absolute Gasteiger partial charge is 0.123 e. The van der Waals surface area contributed by atoms with Gasteiger partial charge in [-0.15, -0.1) is 0 Å². The Hall–Kier alpha value is -0.930. The first kappa shape index (κ1) is 13.5. The van der Waals surface area contributed by atoms with Crippen LogP contribution in [0.15, 0.2) is 24.3 Å². The second-order valence-corrected chi connectivity index (χ2v) is 5.15. The van der Waals surface area contributed by atoms with E-state index in [2.05, 4.69) is 24.1 Å². The van der Waals surface area contributed by atoms with Crippen molar-refractivity contribution in [3.63, 3.8) is 0 Å². The highest BCUT2D eigenvalue weighted by atomic mass is 19.1. The Kier molecular flexibility index (Phi) is 4.72. The zero-order chi connectivity index (χ0) is 13.0. The quantitative estimate of drug-likeness (QED) is 0.884. The van der Waals surface area contributed by atoms with Gasteiger partial charge in [0, 0.05) is 12.1 Å². The lowest BCUT2D eigenvalue weighted by molar-refractivity contribution is 0.200. The molecule has 1 aromatic carbocycles. The monoisotopic (exact) mass is 250 g/mol. The van der Waals surface area contributed by atoms with Crippen LogP contribution in [0.4, 0.5) is 4.39 Å². The summed E-state index contributed by atoms with van der Waals surface area (Å²) in [5, 5.41) is 3.61. The van der Waals surface area contributed by atoms with Gasteiger partial charge in [0.05, 0.1) is 0 Å². The zero-order valence-corrected chi connectivity index (χ0v) is 11.3. The lowest BCUT2D eigenvalue weighted by Gasteiger charge is -2.33. The maximum absolute atomic E-state index is 13.2. The predicted molar refractivity (Wildman–Crippen MR) is 73.1 cm³/mol. The summed E-state index contributed by atoms with van der Waals surface area (Å²) in [7, 11) is 0. The van der Waals surface area contributed by atoms with Crippen LogP contribution in [0.2, 0.25) is 0 Å². The molecule has 1 saturated heterocycles. The summed E-state index contributed by atoms with van der Waals surface area (Å²) in [6.45, 7) is 7.81. The van der Waals surface area contributed by atoms with Gasteiger partial charge in [0.2, 0.25) is 0 Å². The number of nitrogens with zero attached hydrogens (tertiary/aromatic N) is 1. The van der Waals surface area contributed by atoms with Gasteiger partial charge in [-0.3, -0.25) is 0 Å². The molecule has 0 bridgehead atoms. The molecular formula is C15H23FN2. The SMILES string of the molecule is CCN1CCC(N[C@H](C)c2cccc(F)c2)CC1. The standard InChI is InChI=1S/C15H23FN2/c1-3-18-9-7-15(8-10-18)17-12(2)13-5-4-6-14(16)11-13/h4-6,11-12,15,17H,3,7-10H2,1-2H3/t12-/m1/s1. The van der Waals surface area contributed by atoms with E-state index >= 15 is 0 Å². The molecule has 0 amide bonds. The van der Waals surface area contributed by atoms with E-state index < -0.39 is 0 Å². The molecule has 100 valence electrons. The number of rotatable bonds is 4. The van der Waals surface area contributed by atoms with Gasteiger partial charge in [-0.2, -0.15) is 0 Å². The Labute approximate surface area is 109 Å². The molecule has 2 rings (SSSR count). The first-order valence-corrected chi connectivity index (χ1v) is 6.93. The molecule has 0 aromatic heterocycles. The highest BCUT2D eigenvalue weighted by Gasteiger charge is 2.19. The third-order valence-electron chi connectivity index (χ3n) is 3.87. The fourth-order valence-electron chi connectivity index (χ4n) is 2.64. The number of likely N-dealkylation sites (tertiary alicyclic amines) is 1. The van der Waals surface area contributed by atoms with Crippen molar-refractivity contribution < 1.29 is 4.39 Å². The van der Waals surface area contributed by atoms with Crippen molar-refractivity contribution >= 4 is 0 Å². The molecule has 0 radical (unpaired) electrons. The highest BCUT2D eigenvalue weighted by Crippen LogP contribution is 2.18. The van der Waals surface area contributed by atoms with Crippen molar-refractivity contribution in [2.24, 2.45) is 0 Å². The number of benzene rings is 1. The van der Waals surface area contributed by atoms with Crippen LogP contribution in [0.5, 0.6) is 0 Å². The average Bonchev–Trinajstić information content (AvgIpc) is 2.39. The molecule has 1 heterocycles. The molecule has 3 heteroatoms. The van der Waals surface area contributed by atoms with E-state index in [1.54, 1.807) is 12.1 Å². The minimum absolute atomic E-state index is 0.151. The molecule has 0 unspecified atom stereocenters. The maximum atomic E-state index is 13.2. The van der Waals surface area contributed by atoms with Gasteiger partial charge >= 0.3 is 0 Å². The minimum atomic E-state index is -0.151. The lowest BCUT2D eigenvalue weighted by atomic mass is 10.0. The average molecular weight is 250 g/mol. The van der Waals surface area contributed by atoms with Gasteiger partial charge in [0.15, 0.2) is 0 Å². The van der Waals surface area contributed by atoms with Crippen LogP contribution in [0, 0.1) is 5.82 Å². The summed E-state index contributed by atoms with van der Waals surface area (Å²) in [4.78, 5) is 2.48. The van der Waals surface area contributed by atoms with Gasteiger partial charge in [-0.05, 0) is 57.1 Å². The highest BCUT2D eigenvalue weighted by molar-refractivity contribution is 5.19. The summed E-state index contributed by atoms with van der Waals surface area (Å²) in [5.41, 5.74) is 1.04. The first-order chi connectivity index (χ1) is 8.69. The maximum Gasteiger partial charge on any atom is 0.123 e. The lowest BCUT2D eigenvalue weighted by Crippen LogP contribution is -2.43. The Bertz CT molecular complexity index is 373. The van der Waals surface area contributed by atoms with Gasteiger partial charge in [0.1, 0.15) is 5.82 Å². The fourth-order valence-corrected chi connectivity index (χ4v) is 2.64. The van der Waals surface area contributed by atoms with Crippen LogP contribution in [-0.2, 0) is 0 Å². The van der Waals surface area contributed by atoms with Crippen molar-refractivity contribution in [1.29, 1.82) is 0 Å². The van der Waals surface area contributed by atoms with E-state index in [9.17, 15) is 4.39 Å². The van der Waals surface area contributed by atoms with Crippen LogP contribution in [0.25, 0.3) is 0 Å². The molecule has 1 fully saturated rings. The van der Waals surface area contributed by atoms with Crippen LogP contribution in [0.3, 0.4) is 0 Å². The van der Waals surface area contributed by atoms with Crippen LogP contribution < -0.4 is 5.32 Å². The topological polar surface area (TPSA) is 15.3 Å². The van der Waals surface area contributed by atoms with Crippen molar-refractivity contribution in [1.82, 2.24) is 10.2 Å². The molecule has 1 aromatic rings. The summed E-state index contributed by atoms with van der Waals surface area (Å²) >= 11 is 0. The largest absolute Gasteiger partial charge is 0.307 e. The third-order valence-corrected chi connectivity index (χ3v) is 3.87. The summed E-state index contributed by atoms with van der Waals surface area (Å²) < 4.78 is 13.2. The molecule has 1 aliphatic heterocycles. The van der Waals surface area contributed by atoms with Crippen LogP contribution in [-0.4, -0.2) is 30.6 Å². The molecule has 0 spiro atoms. The molecule has 2 nitrogen and oxygen atoms in total. The molecule has 1 N–H and O–H groups in total. The van der Waals surface area contributed by atoms with Gasteiger partial charge in [-0.25, -0.2) is 4.39 Å². The first-order valence-electron chi connectivity index (χ1n) is 6.93. The fraction of sp³-hybridized carbons (Fsp3) is 0.600. The van der Waals surface area contributed by atoms with Gasteiger partial charge in [-0.1, -0.05) is 19.1 Å². The van der Waals surface area contributed by atoms with E-state index in [1.165, 1.54) is 32.0 Å². The number of halogens is 1. The van der Waals surface area contributed by atoms with Crippen LogP contribution >= 0.6 is 0 Å².